The average Bonchev–Trinajstić information content (AvgIpc) is 2.42. The van der Waals surface area contributed by atoms with E-state index in [-0.39, 0.29) is 27.3 Å². The van der Waals surface area contributed by atoms with E-state index in [4.69, 9.17) is 39.5 Å². The van der Waals surface area contributed by atoms with Crippen LogP contribution in [0.3, 0.4) is 0 Å². The monoisotopic (exact) mass is 350 g/mol. The molecule has 0 bridgehead atoms. The van der Waals surface area contributed by atoms with Gasteiger partial charge in [0.05, 0.1) is 16.7 Å². The Labute approximate surface area is 135 Å². The minimum Gasteiger partial charge on any atom is -0.463 e. The average molecular weight is 352 g/mol. The molecule has 5 nitrogen and oxygen atoms in total. The van der Waals surface area contributed by atoms with Crippen molar-refractivity contribution in [2.75, 3.05) is 11.9 Å². The van der Waals surface area contributed by atoms with Crippen LogP contribution in [0.25, 0.3) is 0 Å². The number of rotatable bonds is 5. The van der Waals surface area contributed by atoms with Gasteiger partial charge < -0.3 is 10.1 Å². The molecule has 2 rings (SSSR count). The maximum Gasteiger partial charge on any atom is 0.322 e. The number of anilines is 2. The lowest BCUT2D eigenvalue weighted by Crippen LogP contribution is -2.05. The third-order valence-electron chi connectivity index (χ3n) is 2.26. The first-order chi connectivity index (χ1) is 9.99. The molecule has 1 N–H and O–H groups in total. The molecule has 0 aliphatic heterocycles. The Hall–Kier alpha value is -1.37. The van der Waals surface area contributed by atoms with E-state index in [0.717, 1.165) is 6.42 Å². The van der Waals surface area contributed by atoms with Crippen molar-refractivity contribution in [3.05, 3.63) is 33.3 Å². The van der Waals surface area contributed by atoms with Gasteiger partial charge in [-0.15, -0.1) is 0 Å². The lowest BCUT2D eigenvalue weighted by molar-refractivity contribution is 0.292. The third-order valence-corrected chi connectivity index (χ3v) is 2.98. The minimum absolute atomic E-state index is 0.0297. The molecule has 0 aliphatic rings. The van der Waals surface area contributed by atoms with E-state index in [9.17, 15) is 4.39 Å². The van der Waals surface area contributed by atoms with Crippen molar-refractivity contribution in [2.24, 2.45) is 0 Å². The van der Waals surface area contributed by atoms with Gasteiger partial charge in [-0.05, 0) is 30.2 Å². The number of ether oxygens (including phenoxy) is 1. The zero-order valence-electron chi connectivity index (χ0n) is 10.8. The minimum atomic E-state index is -0.690. The molecule has 1 heterocycles. The van der Waals surface area contributed by atoms with Crippen LogP contribution in [0, 0.1) is 5.82 Å². The van der Waals surface area contributed by atoms with Gasteiger partial charge in [-0.3, -0.25) is 0 Å². The molecular formula is C12H10Cl3FN4O. The maximum absolute atomic E-state index is 13.3. The molecule has 0 atom stereocenters. The van der Waals surface area contributed by atoms with Crippen LogP contribution < -0.4 is 10.1 Å². The van der Waals surface area contributed by atoms with Gasteiger partial charge in [0.2, 0.25) is 11.2 Å². The number of nitrogens with zero attached hydrogens (tertiary/aromatic N) is 3. The van der Waals surface area contributed by atoms with Gasteiger partial charge in [0.15, 0.2) is 5.82 Å². The van der Waals surface area contributed by atoms with Crippen LogP contribution >= 0.6 is 34.8 Å². The van der Waals surface area contributed by atoms with Gasteiger partial charge in [-0.1, -0.05) is 30.1 Å². The lowest BCUT2D eigenvalue weighted by atomic mass is 10.3. The molecule has 0 spiro atoms. The Bertz CT molecular complexity index is 633. The zero-order chi connectivity index (χ0) is 15.4. The van der Waals surface area contributed by atoms with E-state index in [0.29, 0.717) is 12.3 Å². The molecule has 2 aromatic rings. The Kier molecular flexibility index (Phi) is 5.39. The number of benzene rings is 1. The highest BCUT2D eigenvalue weighted by Crippen LogP contribution is 2.28. The predicted octanol–water partition coefficient (Wildman–Crippen LogP) is 4.50. The molecule has 1 aromatic carbocycles. The standard InChI is InChI=1S/C12H10Cl3FN4O/c1-2-3-21-12-19-10(15)18-11(20-12)17-6-4-7(13)9(16)8(14)5-6/h4-5H,2-3H2,1H3,(H,17,18,19,20). The smallest absolute Gasteiger partial charge is 0.322 e. The van der Waals surface area contributed by atoms with Crippen LogP contribution in [-0.2, 0) is 0 Å². The SMILES string of the molecule is CCCOc1nc(Cl)nc(Nc2cc(Cl)c(F)c(Cl)c2)n1. The third kappa shape index (κ3) is 4.30. The zero-order valence-corrected chi connectivity index (χ0v) is 13.1. The number of aromatic nitrogens is 3. The van der Waals surface area contributed by atoms with E-state index in [2.05, 4.69) is 20.3 Å². The summed E-state index contributed by atoms with van der Waals surface area (Å²) in [6.45, 7) is 2.40. The number of halogens is 4. The van der Waals surface area contributed by atoms with Crippen molar-refractivity contribution < 1.29 is 9.13 Å². The number of hydrogen-bond acceptors (Lipinski definition) is 5. The maximum atomic E-state index is 13.3. The van der Waals surface area contributed by atoms with Crippen LogP contribution in [0.5, 0.6) is 6.01 Å². The van der Waals surface area contributed by atoms with Crippen LogP contribution in [0.2, 0.25) is 15.3 Å². The molecular weight excluding hydrogens is 342 g/mol. The van der Waals surface area contributed by atoms with Gasteiger partial charge in [-0.25, -0.2) is 4.39 Å². The first-order valence-electron chi connectivity index (χ1n) is 5.95. The summed E-state index contributed by atoms with van der Waals surface area (Å²) in [7, 11) is 0. The van der Waals surface area contributed by atoms with Crippen LogP contribution in [0.4, 0.5) is 16.0 Å². The van der Waals surface area contributed by atoms with Crippen LogP contribution in [-0.4, -0.2) is 21.6 Å². The second-order valence-corrected chi connectivity index (χ2v) is 5.09. The Morgan fingerprint density at radius 1 is 1.14 bits per heavy atom. The van der Waals surface area contributed by atoms with Gasteiger partial charge in [-0.2, -0.15) is 15.0 Å². The first kappa shape index (κ1) is 16.0. The molecule has 0 saturated carbocycles. The van der Waals surface area contributed by atoms with Gasteiger partial charge >= 0.3 is 6.01 Å². The largest absolute Gasteiger partial charge is 0.463 e. The van der Waals surface area contributed by atoms with Crippen LogP contribution in [0.1, 0.15) is 13.3 Å². The summed E-state index contributed by atoms with van der Waals surface area (Å²) in [4.78, 5) is 11.8. The molecule has 0 aliphatic carbocycles. The second-order valence-electron chi connectivity index (χ2n) is 3.94. The molecule has 0 radical (unpaired) electrons. The van der Waals surface area contributed by atoms with Crippen molar-refractivity contribution in [1.29, 1.82) is 0 Å². The predicted molar refractivity (Wildman–Crippen MR) is 80.3 cm³/mol. The number of nitrogens with one attached hydrogen (secondary N) is 1. The highest BCUT2D eigenvalue weighted by molar-refractivity contribution is 6.35. The fourth-order valence-electron chi connectivity index (χ4n) is 1.40. The number of hydrogen-bond donors (Lipinski definition) is 1. The molecule has 9 heteroatoms. The Morgan fingerprint density at radius 2 is 1.81 bits per heavy atom. The van der Waals surface area contributed by atoms with Crippen molar-refractivity contribution in [3.63, 3.8) is 0 Å². The normalized spacial score (nSPS) is 10.5. The van der Waals surface area contributed by atoms with E-state index in [1.807, 2.05) is 6.92 Å². The Morgan fingerprint density at radius 3 is 2.43 bits per heavy atom. The molecule has 21 heavy (non-hydrogen) atoms. The molecule has 0 amide bonds. The summed E-state index contributed by atoms with van der Waals surface area (Å²) in [5.41, 5.74) is 0.412. The van der Waals surface area contributed by atoms with Crippen LogP contribution in [0.15, 0.2) is 12.1 Å². The summed E-state index contributed by atoms with van der Waals surface area (Å²) in [5.74, 6) is -0.552. The van der Waals surface area contributed by atoms with Gasteiger partial charge in [0, 0.05) is 5.69 Å². The first-order valence-corrected chi connectivity index (χ1v) is 7.09. The highest BCUT2D eigenvalue weighted by Gasteiger charge is 2.10. The lowest BCUT2D eigenvalue weighted by Gasteiger charge is -2.08. The summed E-state index contributed by atoms with van der Waals surface area (Å²) < 4.78 is 18.6. The van der Waals surface area contributed by atoms with Crippen molar-refractivity contribution in [1.82, 2.24) is 15.0 Å². The van der Waals surface area contributed by atoms with E-state index in [1.54, 1.807) is 0 Å². The highest BCUT2D eigenvalue weighted by atomic mass is 35.5. The van der Waals surface area contributed by atoms with E-state index in [1.165, 1.54) is 12.1 Å². The fraction of sp³-hybridized carbons (Fsp3) is 0.250. The Balaban J connectivity index is 2.24. The van der Waals surface area contributed by atoms with Crippen molar-refractivity contribution >= 4 is 46.4 Å². The van der Waals surface area contributed by atoms with Crippen molar-refractivity contribution in [3.8, 4) is 6.01 Å². The summed E-state index contributed by atoms with van der Waals surface area (Å²) in [6.07, 6.45) is 0.801. The molecule has 0 fully saturated rings. The van der Waals surface area contributed by atoms with E-state index < -0.39 is 5.82 Å². The summed E-state index contributed by atoms with van der Waals surface area (Å²) in [6, 6.07) is 2.80. The van der Waals surface area contributed by atoms with E-state index >= 15 is 0 Å². The quantitative estimate of drug-likeness (QED) is 0.804. The molecule has 0 unspecified atom stereocenters. The van der Waals surface area contributed by atoms with Gasteiger partial charge in [0.25, 0.3) is 0 Å². The summed E-state index contributed by atoms with van der Waals surface area (Å²) in [5, 5.41) is 2.54. The van der Waals surface area contributed by atoms with Gasteiger partial charge in [0.1, 0.15) is 0 Å². The molecule has 0 saturated heterocycles. The topological polar surface area (TPSA) is 59.9 Å². The molecule has 1 aromatic heterocycles. The molecule has 112 valence electrons. The summed E-state index contributed by atoms with van der Waals surface area (Å²) >= 11 is 17.2. The second kappa shape index (κ2) is 7.06. The fourth-order valence-corrected chi connectivity index (χ4v) is 2.04. The van der Waals surface area contributed by atoms with Crippen molar-refractivity contribution in [2.45, 2.75) is 13.3 Å².